The van der Waals surface area contributed by atoms with Gasteiger partial charge in [-0.05, 0) is 24.6 Å². The molecule has 0 fully saturated rings. The van der Waals surface area contributed by atoms with Crippen LogP contribution < -0.4 is 16.0 Å². The Bertz CT molecular complexity index is 516. The van der Waals surface area contributed by atoms with Crippen LogP contribution in [0, 0.1) is 0 Å². The molecule has 3 amide bonds. The molecular formula is C13H17N3O4. The lowest BCUT2D eigenvalue weighted by Gasteiger charge is -2.18. The number of amides is 3. The topological polar surface area (TPSA) is 113 Å². The Morgan fingerprint density at radius 1 is 1.35 bits per heavy atom. The maximum Gasteiger partial charge on any atom is 0.323 e. The number of nitrogen functional groups attached to an aromatic ring is 1. The fraction of sp³-hybridized carbons (Fsp3) is 0.308. The maximum atomic E-state index is 12.0. The molecule has 0 aromatic heterocycles. The van der Waals surface area contributed by atoms with Crippen molar-refractivity contribution in [3.05, 3.63) is 24.3 Å². The van der Waals surface area contributed by atoms with Crippen molar-refractivity contribution in [2.45, 2.75) is 13.3 Å². The third-order valence-corrected chi connectivity index (χ3v) is 2.46. The van der Waals surface area contributed by atoms with Crippen LogP contribution >= 0.6 is 0 Å². The van der Waals surface area contributed by atoms with Crippen LogP contribution in [-0.2, 0) is 14.4 Å². The number of anilines is 2. The molecule has 1 aromatic carbocycles. The van der Waals surface area contributed by atoms with E-state index in [2.05, 4.69) is 5.32 Å². The molecule has 7 heteroatoms. The molecule has 1 aromatic rings. The molecule has 0 spiro atoms. The molecule has 0 aliphatic rings. The number of aliphatic hydroxyl groups excluding tert-OH is 1. The van der Waals surface area contributed by atoms with Crippen molar-refractivity contribution in [1.29, 1.82) is 0 Å². The summed E-state index contributed by atoms with van der Waals surface area (Å²) in [6.07, 6.45) is 0.331. The van der Waals surface area contributed by atoms with Gasteiger partial charge in [-0.15, -0.1) is 0 Å². The molecule has 0 saturated carbocycles. The van der Waals surface area contributed by atoms with Gasteiger partial charge in [0.2, 0.25) is 5.91 Å². The number of benzene rings is 1. The second-order valence-corrected chi connectivity index (χ2v) is 4.09. The zero-order valence-corrected chi connectivity index (χ0v) is 11.1. The van der Waals surface area contributed by atoms with Gasteiger partial charge >= 0.3 is 11.8 Å². The van der Waals surface area contributed by atoms with Crippen molar-refractivity contribution in [2.75, 3.05) is 23.8 Å². The second-order valence-electron chi connectivity index (χ2n) is 4.09. The predicted molar refractivity (Wildman–Crippen MR) is 73.7 cm³/mol. The third kappa shape index (κ3) is 4.06. The fourth-order valence-electron chi connectivity index (χ4n) is 1.56. The van der Waals surface area contributed by atoms with Gasteiger partial charge in [-0.2, -0.15) is 0 Å². The van der Waals surface area contributed by atoms with Gasteiger partial charge in [0.1, 0.15) is 0 Å². The highest BCUT2D eigenvalue weighted by atomic mass is 16.3. The van der Waals surface area contributed by atoms with Crippen LogP contribution in [-0.4, -0.2) is 36.0 Å². The number of carbonyl (C=O) groups excluding carboxylic acids is 3. The van der Waals surface area contributed by atoms with Crippen LogP contribution in [0.3, 0.4) is 0 Å². The minimum Gasteiger partial charge on any atom is -0.399 e. The molecule has 1 rings (SSSR count). The smallest absolute Gasteiger partial charge is 0.323 e. The van der Waals surface area contributed by atoms with Crippen LogP contribution in [0.5, 0.6) is 0 Å². The molecule has 0 saturated heterocycles. The number of aliphatic hydroxyl groups is 1. The Balaban J connectivity index is 2.89. The number of rotatable bonds is 4. The molecule has 108 valence electrons. The van der Waals surface area contributed by atoms with E-state index in [1.165, 1.54) is 19.1 Å². The lowest BCUT2D eigenvalue weighted by Crippen LogP contribution is -2.45. The monoisotopic (exact) mass is 279 g/mol. The SMILES string of the molecule is CC(=O)N(C(=O)C(=O)NCCCO)c1cccc(N)c1. The summed E-state index contributed by atoms with van der Waals surface area (Å²) in [5.74, 6) is -2.48. The average molecular weight is 279 g/mol. The molecule has 0 bridgehead atoms. The Morgan fingerprint density at radius 3 is 2.60 bits per heavy atom. The number of hydrogen-bond acceptors (Lipinski definition) is 5. The lowest BCUT2D eigenvalue weighted by molar-refractivity contribution is -0.139. The standard InChI is InChI=1S/C13H17N3O4/c1-9(18)16(11-5-2-4-10(14)8-11)13(20)12(19)15-6-3-7-17/h2,4-5,8,17H,3,6-7,14H2,1H3,(H,15,19). The van der Waals surface area contributed by atoms with E-state index in [-0.39, 0.29) is 18.8 Å². The fourth-order valence-corrected chi connectivity index (χ4v) is 1.56. The zero-order chi connectivity index (χ0) is 15.1. The van der Waals surface area contributed by atoms with E-state index in [0.29, 0.717) is 12.1 Å². The van der Waals surface area contributed by atoms with Crippen molar-refractivity contribution in [3.8, 4) is 0 Å². The highest BCUT2D eigenvalue weighted by Gasteiger charge is 2.26. The molecule has 7 nitrogen and oxygen atoms in total. The molecule has 0 heterocycles. The van der Waals surface area contributed by atoms with Gasteiger partial charge in [0.05, 0.1) is 5.69 Å². The number of imide groups is 1. The highest BCUT2D eigenvalue weighted by molar-refractivity contribution is 6.45. The summed E-state index contributed by atoms with van der Waals surface area (Å²) in [6, 6.07) is 6.13. The van der Waals surface area contributed by atoms with Crippen LogP contribution in [0.25, 0.3) is 0 Å². The van der Waals surface area contributed by atoms with E-state index in [0.717, 1.165) is 4.90 Å². The Labute approximate surface area is 116 Å². The first-order chi connectivity index (χ1) is 9.47. The van der Waals surface area contributed by atoms with Gasteiger partial charge in [-0.25, -0.2) is 4.90 Å². The number of nitrogens with one attached hydrogen (secondary N) is 1. The number of nitrogens with two attached hydrogens (primary N) is 1. The van der Waals surface area contributed by atoms with E-state index in [4.69, 9.17) is 10.8 Å². The summed E-state index contributed by atoms with van der Waals surface area (Å²) >= 11 is 0. The van der Waals surface area contributed by atoms with Gasteiger partial charge in [-0.3, -0.25) is 14.4 Å². The maximum absolute atomic E-state index is 12.0. The molecule has 20 heavy (non-hydrogen) atoms. The largest absolute Gasteiger partial charge is 0.399 e. The third-order valence-electron chi connectivity index (χ3n) is 2.46. The Kier molecular flexibility index (Phi) is 5.67. The summed E-state index contributed by atoms with van der Waals surface area (Å²) in [6.45, 7) is 1.24. The van der Waals surface area contributed by atoms with Gasteiger partial charge < -0.3 is 16.2 Å². The molecule has 0 unspecified atom stereocenters. The van der Waals surface area contributed by atoms with Gasteiger partial charge in [0, 0.05) is 25.8 Å². The average Bonchev–Trinajstić information content (AvgIpc) is 2.38. The quantitative estimate of drug-likeness (QED) is 0.396. The van der Waals surface area contributed by atoms with Gasteiger partial charge in [0.25, 0.3) is 0 Å². The molecule has 0 aliphatic carbocycles. The van der Waals surface area contributed by atoms with E-state index < -0.39 is 17.7 Å². The summed E-state index contributed by atoms with van der Waals surface area (Å²) in [4.78, 5) is 36.0. The van der Waals surface area contributed by atoms with Crippen LogP contribution in [0.4, 0.5) is 11.4 Å². The summed E-state index contributed by atoms with van der Waals surface area (Å²) in [7, 11) is 0. The molecule has 0 atom stereocenters. The molecular weight excluding hydrogens is 262 g/mol. The molecule has 0 radical (unpaired) electrons. The van der Waals surface area contributed by atoms with Crippen LogP contribution in [0.2, 0.25) is 0 Å². The number of hydrogen-bond donors (Lipinski definition) is 3. The molecule has 4 N–H and O–H groups in total. The van der Waals surface area contributed by atoms with Crippen molar-refractivity contribution in [2.24, 2.45) is 0 Å². The summed E-state index contributed by atoms with van der Waals surface area (Å²) < 4.78 is 0. The predicted octanol–water partition coefficient (Wildman–Crippen LogP) is -0.353. The minimum absolute atomic E-state index is 0.0971. The van der Waals surface area contributed by atoms with Crippen molar-refractivity contribution in [1.82, 2.24) is 5.32 Å². The summed E-state index contributed by atoms with van der Waals surface area (Å²) in [5.41, 5.74) is 6.21. The Hall–Kier alpha value is -2.41. The first kappa shape index (κ1) is 15.6. The van der Waals surface area contributed by atoms with Gasteiger partial charge in [-0.1, -0.05) is 6.07 Å². The number of nitrogens with zero attached hydrogens (tertiary/aromatic N) is 1. The Morgan fingerprint density at radius 2 is 2.05 bits per heavy atom. The van der Waals surface area contributed by atoms with Gasteiger partial charge in [0.15, 0.2) is 0 Å². The first-order valence-corrected chi connectivity index (χ1v) is 6.06. The highest BCUT2D eigenvalue weighted by Crippen LogP contribution is 2.18. The zero-order valence-electron chi connectivity index (χ0n) is 11.1. The van der Waals surface area contributed by atoms with E-state index >= 15 is 0 Å². The van der Waals surface area contributed by atoms with E-state index in [1.807, 2.05) is 0 Å². The van der Waals surface area contributed by atoms with E-state index in [9.17, 15) is 14.4 Å². The normalized spacial score (nSPS) is 9.90. The number of carbonyl (C=O) groups is 3. The summed E-state index contributed by atoms with van der Waals surface area (Å²) in [5, 5.41) is 10.9. The van der Waals surface area contributed by atoms with Crippen molar-refractivity contribution in [3.63, 3.8) is 0 Å². The van der Waals surface area contributed by atoms with Crippen molar-refractivity contribution >= 4 is 29.1 Å². The minimum atomic E-state index is -0.985. The molecule has 0 aliphatic heterocycles. The van der Waals surface area contributed by atoms with Crippen molar-refractivity contribution < 1.29 is 19.5 Å². The lowest BCUT2D eigenvalue weighted by atomic mass is 10.2. The van der Waals surface area contributed by atoms with Crippen LogP contribution in [0.1, 0.15) is 13.3 Å². The van der Waals surface area contributed by atoms with Crippen LogP contribution in [0.15, 0.2) is 24.3 Å². The second kappa shape index (κ2) is 7.25. The van der Waals surface area contributed by atoms with E-state index in [1.54, 1.807) is 12.1 Å². The first-order valence-electron chi connectivity index (χ1n) is 6.06.